The van der Waals surface area contributed by atoms with Gasteiger partial charge in [0.15, 0.2) is 0 Å². The third kappa shape index (κ3) is 3.21. The number of carbonyl (C=O) groups excluding carboxylic acids is 1. The van der Waals surface area contributed by atoms with Gasteiger partial charge in [0.1, 0.15) is 5.82 Å². The molecule has 6 heteroatoms. The number of aryl methyl sites for hydroxylation is 1. The number of nitrogens with zero attached hydrogens (tertiary/aromatic N) is 1. The fraction of sp³-hybridized carbons (Fsp3) is 0.143. The quantitative estimate of drug-likeness (QED) is 0.901. The molecule has 1 aromatic heterocycles. The van der Waals surface area contributed by atoms with Gasteiger partial charge in [-0.3, -0.25) is 4.79 Å². The average molecular weight is 310 g/mol. The van der Waals surface area contributed by atoms with Crippen LogP contribution in [0.25, 0.3) is 0 Å². The molecule has 1 amide bonds. The number of aromatic nitrogens is 1. The smallest absolute Gasteiger partial charge is 0.257 e. The van der Waals surface area contributed by atoms with Crippen molar-refractivity contribution >= 4 is 40.6 Å². The molecular weight excluding hydrogens is 297 g/mol. The molecule has 20 heavy (non-hydrogen) atoms. The summed E-state index contributed by atoms with van der Waals surface area (Å²) >= 11 is 11.9. The zero-order valence-corrected chi connectivity index (χ0v) is 12.5. The zero-order chi connectivity index (χ0) is 14.7. The molecule has 0 unspecified atom stereocenters. The van der Waals surface area contributed by atoms with Crippen LogP contribution < -0.4 is 10.6 Å². The summed E-state index contributed by atoms with van der Waals surface area (Å²) in [4.78, 5) is 16.3. The highest BCUT2D eigenvalue weighted by molar-refractivity contribution is 6.34. The minimum absolute atomic E-state index is 0.293. The fourth-order valence-electron chi connectivity index (χ4n) is 1.67. The molecule has 1 heterocycles. The molecule has 2 rings (SSSR count). The van der Waals surface area contributed by atoms with Crippen LogP contribution in [0.1, 0.15) is 15.9 Å². The molecule has 0 bridgehead atoms. The molecule has 104 valence electrons. The van der Waals surface area contributed by atoms with Crippen molar-refractivity contribution in [1.82, 2.24) is 4.98 Å². The number of pyridine rings is 1. The van der Waals surface area contributed by atoms with Crippen LogP contribution in [0.4, 0.5) is 11.5 Å². The van der Waals surface area contributed by atoms with Gasteiger partial charge in [0.2, 0.25) is 0 Å². The number of anilines is 2. The number of benzene rings is 1. The van der Waals surface area contributed by atoms with E-state index in [4.69, 9.17) is 23.2 Å². The zero-order valence-electron chi connectivity index (χ0n) is 11.0. The van der Waals surface area contributed by atoms with Crippen molar-refractivity contribution in [3.05, 3.63) is 51.6 Å². The number of carbonyl (C=O) groups is 1. The average Bonchev–Trinajstić information content (AvgIpc) is 2.43. The van der Waals surface area contributed by atoms with Crippen molar-refractivity contribution in [2.45, 2.75) is 6.92 Å². The summed E-state index contributed by atoms with van der Waals surface area (Å²) in [5, 5.41) is 6.51. The van der Waals surface area contributed by atoms with E-state index in [-0.39, 0.29) is 5.91 Å². The van der Waals surface area contributed by atoms with Gasteiger partial charge in [-0.15, -0.1) is 0 Å². The summed E-state index contributed by atoms with van der Waals surface area (Å²) in [6.07, 6.45) is 1.44. The van der Waals surface area contributed by atoms with Gasteiger partial charge in [-0.2, -0.15) is 0 Å². The standard InChI is InChI=1S/C14H13Cl2N3O/c1-8-3-4-9(15)5-12(8)19-14(20)10-6-13(17-2)18-7-11(10)16/h3-7H,1-2H3,(H,17,18)(H,19,20). The van der Waals surface area contributed by atoms with Gasteiger partial charge in [-0.1, -0.05) is 29.3 Å². The van der Waals surface area contributed by atoms with Crippen LogP contribution in [0.2, 0.25) is 10.0 Å². The van der Waals surface area contributed by atoms with Crippen LogP contribution in [0.5, 0.6) is 0 Å². The van der Waals surface area contributed by atoms with E-state index in [1.807, 2.05) is 13.0 Å². The Bertz CT molecular complexity index is 659. The molecular formula is C14H13Cl2N3O. The van der Waals surface area contributed by atoms with E-state index in [9.17, 15) is 4.79 Å². The second kappa shape index (κ2) is 6.11. The van der Waals surface area contributed by atoms with Gasteiger partial charge in [0.05, 0.1) is 10.6 Å². The highest BCUT2D eigenvalue weighted by atomic mass is 35.5. The highest BCUT2D eigenvalue weighted by Crippen LogP contribution is 2.23. The predicted octanol–water partition coefficient (Wildman–Crippen LogP) is 3.99. The molecule has 0 atom stereocenters. The molecule has 0 radical (unpaired) electrons. The topological polar surface area (TPSA) is 54.0 Å². The third-order valence-electron chi connectivity index (χ3n) is 2.80. The van der Waals surface area contributed by atoms with Gasteiger partial charge in [0.25, 0.3) is 5.91 Å². The summed E-state index contributed by atoms with van der Waals surface area (Å²) in [6.45, 7) is 1.89. The first kappa shape index (κ1) is 14.6. The van der Waals surface area contributed by atoms with E-state index in [1.165, 1.54) is 6.20 Å². The molecule has 0 aliphatic rings. The number of nitrogens with one attached hydrogen (secondary N) is 2. The summed E-state index contributed by atoms with van der Waals surface area (Å²) in [7, 11) is 1.72. The maximum absolute atomic E-state index is 12.3. The lowest BCUT2D eigenvalue weighted by atomic mass is 10.2. The van der Waals surface area contributed by atoms with Crippen molar-refractivity contribution in [2.24, 2.45) is 0 Å². The van der Waals surface area contributed by atoms with Gasteiger partial charge in [-0.05, 0) is 30.7 Å². The normalized spacial score (nSPS) is 10.2. The molecule has 4 nitrogen and oxygen atoms in total. The molecule has 2 N–H and O–H groups in total. The van der Waals surface area contributed by atoms with Crippen molar-refractivity contribution in [3.8, 4) is 0 Å². The van der Waals surface area contributed by atoms with Crippen molar-refractivity contribution in [2.75, 3.05) is 17.7 Å². The van der Waals surface area contributed by atoms with Crippen molar-refractivity contribution < 1.29 is 4.79 Å². The van der Waals surface area contributed by atoms with Crippen LogP contribution in [-0.4, -0.2) is 17.9 Å². The molecule has 0 aliphatic heterocycles. The van der Waals surface area contributed by atoms with Crippen LogP contribution >= 0.6 is 23.2 Å². The van der Waals surface area contributed by atoms with Crippen molar-refractivity contribution in [3.63, 3.8) is 0 Å². The second-order valence-corrected chi connectivity index (χ2v) is 5.06. The largest absolute Gasteiger partial charge is 0.373 e. The molecule has 0 saturated heterocycles. The summed E-state index contributed by atoms with van der Waals surface area (Å²) in [6, 6.07) is 6.90. The number of amides is 1. The van der Waals surface area contributed by atoms with Crippen LogP contribution in [0.3, 0.4) is 0 Å². The monoisotopic (exact) mass is 309 g/mol. The van der Waals surface area contributed by atoms with E-state index in [0.29, 0.717) is 27.1 Å². The first-order valence-corrected chi connectivity index (χ1v) is 6.67. The first-order chi connectivity index (χ1) is 9.51. The van der Waals surface area contributed by atoms with Crippen LogP contribution in [-0.2, 0) is 0 Å². The van der Waals surface area contributed by atoms with Crippen LogP contribution in [0, 0.1) is 6.92 Å². The molecule has 0 saturated carbocycles. The summed E-state index contributed by atoms with van der Waals surface area (Å²) < 4.78 is 0. The number of hydrogen-bond acceptors (Lipinski definition) is 3. The molecule has 2 aromatic rings. The van der Waals surface area contributed by atoms with E-state index in [0.717, 1.165) is 5.56 Å². The Hall–Kier alpha value is -1.78. The Kier molecular flexibility index (Phi) is 4.47. The summed E-state index contributed by atoms with van der Waals surface area (Å²) in [5.74, 6) is 0.265. The van der Waals surface area contributed by atoms with Gasteiger partial charge in [-0.25, -0.2) is 4.98 Å². The number of hydrogen-bond donors (Lipinski definition) is 2. The van der Waals surface area contributed by atoms with Crippen LogP contribution in [0.15, 0.2) is 30.5 Å². The minimum atomic E-state index is -0.306. The van der Waals surface area contributed by atoms with Gasteiger partial charge >= 0.3 is 0 Å². The molecule has 0 fully saturated rings. The Morgan fingerprint density at radius 1 is 1.25 bits per heavy atom. The lowest BCUT2D eigenvalue weighted by molar-refractivity contribution is 0.102. The van der Waals surface area contributed by atoms with Crippen molar-refractivity contribution in [1.29, 1.82) is 0 Å². The maximum atomic E-state index is 12.3. The van der Waals surface area contributed by atoms with Gasteiger partial charge in [0, 0.05) is 24.0 Å². The van der Waals surface area contributed by atoms with E-state index in [2.05, 4.69) is 15.6 Å². The fourth-order valence-corrected chi connectivity index (χ4v) is 2.03. The first-order valence-electron chi connectivity index (χ1n) is 5.92. The second-order valence-electron chi connectivity index (χ2n) is 4.21. The van der Waals surface area contributed by atoms with E-state index in [1.54, 1.807) is 25.2 Å². The van der Waals surface area contributed by atoms with E-state index >= 15 is 0 Å². The molecule has 0 aliphatic carbocycles. The minimum Gasteiger partial charge on any atom is -0.373 e. The Labute approximate surface area is 127 Å². The molecule has 0 spiro atoms. The SMILES string of the molecule is CNc1cc(C(=O)Nc2cc(Cl)ccc2C)c(Cl)cn1. The summed E-state index contributed by atoms with van der Waals surface area (Å²) in [5.41, 5.74) is 1.92. The lowest BCUT2D eigenvalue weighted by Gasteiger charge is -2.10. The highest BCUT2D eigenvalue weighted by Gasteiger charge is 2.13. The number of rotatable bonds is 3. The van der Waals surface area contributed by atoms with Gasteiger partial charge < -0.3 is 10.6 Å². The maximum Gasteiger partial charge on any atom is 0.257 e. The lowest BCUT2D eigenvalue weighted by Crippen LogP contribution is -2.14. The predicted molar refractivity (Wildman–Crippen MR) is 82.9 cm³/mol. The van der Waals surface area contributed by atoms with E-state index < -0.39 is 0 Å². The Morgan fingerprint density at radius 2 is 2.00 bits per heavy atom. The Morgan fingerprint density at radius 3 is 2.70 bits per heavy atom. The number of halogens is 2. The molecule has 1 aromatic carbocycles. The Balaban J connectivity index is 2.30. The third-order valence-corrected chi connectivity index (χ3v) is 3.34.